The normalized spacial score (nSPS) is 11.4. The number of aliphatic imine (C=N–C) groups is 1. The molecule has 1 aromatic heterocycles. The summed E-state index contributed by atoms with van der Waals surface area (Å²) in [5, 5.41) is 6.62. The molecule has 0 aliphatic heterocycles. The molecule has 0 spiro atoms. The number of aryl methyl sites for hydroxylation is 1. The molecule has 2 rings (SSSR count). The molecule has 7 nitrogen and oxygen atoms in total. The van der Waals surface area contributed by atoms with E-state index in [1.165, 1.54) is 0 Å². The molecule has 1 aromatic carbocycles. The van der Waals surface area contributed by atoms with Gasteiger partial charge in [0.05, 0.1) is 12.7 Å². The van der Waals surface area contributed by atoms with Crippen LogP contribution in [0.2, 0.25) is 0 Å². The minimum Gasteiger partial charge on any atom is -0.491 e. The smallest absolute Gasteiger partial charge is 0.213 e. The van der Waals surface area contributed by atoms with Crippen molar-refractivity contribution >= 4 is 5.96 Å². The second-order valence-corrected chi connectivity index (χ2v) is 6.90. The molecular formula is C22H32N4O3. The SMILES string of the molecule is CN=C(NCc1ccc(OC(C)C)nc1)NCc1ccc(C)cc1OCCOC. The number of rotatable bonds is 10. The van der Waals surface area contributed by atoms with Crippen molar-refractivity contribution < 1.29 is 14.2 Å². The summed E-state index contributed by atoms with van der Waals surface area (Å²) in [6.07, 6.45) is 1.92. The van der Waals surface area contributed by atoms with Crippen molar-refractivity contribution in [3.05, 3.63) is 53.2 Å². The van der Waals surface area contributed by atoms with Crippen LogP contribution in [0.15, 0.2) is 41.5 Å². The predicted octanol–water partition coefficient (Wildman–Crippen LogP) is 3.07. The molecule has 0 atom stereocenters. The van der Waals surface area contributed by atoms with Crippen LogP contribution in [0.1, 0.15) is 30.5 Å². The number of nitrogens with one attached hydrogen (secondary N) is 2. The zero-order valence-electron chi connectivity index (χ0n) is 18.0. The summed E-state index contributed by atoms with van der Waals surface area (Å²) in [7, 11) is 3.41. The number of methoxy groups -OCH3 is 1. The van der Waals surface area contributed by atoms with E-state index >= 15 is 0 Å². The number of benzene rings is 1. The Balaban J connectivity index is 1.89. The average Bonchev–Trinajstić information content (AvgIpc) is 2.70. The molecule has 2 N–H and O–H groups in total. The molecule has 0 saturated carbocycles. The standard InChI is InChI=1S/C22H32N4O3/c1-16(2)29-21-9-7-18(13-24-21)14-25-22(23-4)26-15-19-8-6-17(3)12-20(19)28-11-10-27-5/h6-9,12-13,16H,10-11,14-15H2,1-5H3,(H2,23,25,26). The van der Waals surface area contributed by atoms with Gasteiger partial charge in [0.1, 0.15) is 12.4 Å². The van der Waals surface area contributed by atoms with Gasteiger partial charge in [-0.25, -0.2) is 4.98 Å². The number of hydrogen-bond acceptors (Lipinski definition) is 5. The topological polar surface area (TPSA) is 77.0 Å². The van der Waals surface area contributed by atoms with E-state index in [0.29, 0.717) is 38.1 Å². The van der Waals surface area contributed by atoms with Crippen molar-refractivity contribution in [3.63, 3.8) is 0 Å². The zero-order chi connectivity index (χ0) is 21.1. The van der Waals surface area contributed by atoms with Gasteiger partial charge in [0, 0.05) is 45.1 Å². The molecule has 0 saturated heterocycles. The van der Waals surface area contributed by atoms with Crippen molar-refractivity contribution in [2.24, 2.45) is 4.99 Å². The molecule has 0 aliphatic rings. The maximum Gasteiger partial charge on any atom is 0.213 e. The molecule has 1 heterocycles. The first-order valence-corrected chi connectivity index (χ1v) is 9.79. The van der Waals surface area contributed by atoms with E-state index in [1.54, 1.807) is 20.4 Å². The molecule has 0 aliphatic carbocycles. The van der Waals surface area contributed by atoms with Crippen molar-refractivity contribution in [2.75, 3.05) is 27.4 Å². The highest BCUT2D eigenvalue weighted by Gasteiger charge is 2.07. The number of guanidine groups is 1. The van der Waals surface area contributed by atoms with Gasteiger partial charge >= 0.3 is 0 Å². The van der Waals surface area contributed by atoms with E-state index in [4.69, 9.17) is 14.2 Å². The van der Waals surface area contributed by atoms with E-state index < -0.39 is 0 Å². The summed E-state index contributed by atoms with van der Waals surface area (Å²) < 4.78 is 16.5. The number of hydrogen-bond donors (Lipinski definition) is 2. The van der Waals surface area contributed by atoms with Gasteiger partial charge in [-0.1, -0.05) is 18.2 Å². The Morgan fingerprint density at radius 3 is 2.55 bits per heavy atom. The first-order valence-electron chi connectivity index (χ1n) is 9.79. The van der Waals surface area contributed by atoms with Crippen LogP contribution in [0.3, 0.4) is 0 Å². The lowest BCUT2D eigenvalue weighted by molar-refractivity contribution is 0.145. The Labute approximate surface area is 173 Å². The largest absolute Gasteiger partial charge is 0.491 e. The van der Waals surface area contributed by atoms with Crippen LogP contribution >= 0.6 is 0 Å². The minimum atomic E-state index is 0.111. The van der Waals surface area contributed by atoms with E-state index in [0.717, 1.165) is 22.4 Å². The van der Waals surface area contributed by atoms with Gasteiger partial charge in [0.25, 0.3) is 0 Å². The number of nitrogens with zero attached hydrogens (tertiary/aromatic N) is 2. The van der Waals surface area contributed by atoms with Gasteiger partial charge < -0.3 is 24.8 Å². The van der Waals surface area contributed by atoms with E-state index in [1.807, 2.05) is 39.0 Å². The molecule has 0 unspecified atom stereocenters. The Bertz CT molecular complexity index is 776. The number of aromatic nitrogens is 1. The van der Waals surface area contributed by atoms with Crippen LogP contribution in [0.25, 0.3) is 0 Å². The highest BCUT2D eigenvalue weighted by molar-refractivity contribution is 5.79. The van der Waals surface area contributed by atoms with E-state index in [2.05, 4.69) is 32.7 Å². The van der Waals surface area contributed by atoms with Gasteiger partial charge in [-0.2, -0.15) is 0 Å². The lowest BCUT2D eigenvalue weighted by Crippen LogP contribution is -2.36. The highest BCUT2D eigenvalue weighted by Crippen LogP contribution is 2.20. The van der Waals surface area contributed by atoms with Crippen LogP contribution in [-0.4, -0.2) is 44.4 Å². The average molecular weight is 401 g/mol. The molecular weight excluding hydrogens is 368 g/mol. The molecule has 158 valence electrons. The predicted molar refractivity (Wildman–Crippen MR) is 116 cm³/mol. The van der Waals surface area contributed by atoms with Crippen LogP contribution in [0.4, 0.5) is 0 Å². The lowest BCUT2D eigenvalue weighted by Gasteiger charge is -2.15. The first kappa shape index (κ1) is 22.5. The third kappa shape index (κ3) is 7.99. The monoisotopic (exact) mass is 400 g/mol. The fraction of sp³-hybridized carbons (Fsp3) is 0.455. The van der Waals surface area contributed by atoms with E-state index in [-0.39, 0.29) is 6.10 Å². The van der Waals surface area contributed by atoms with Crippen LogP contribution in [0.5, 0.6) is 11.6 Å². The Morgan fingerprint density at radius 2 is 1.90 bits per heavy atom. The zero-order valence-corrected chi connectivity index (χ0v) is 18.0. The highest BCUT2D eigenvalue weighted by atomic mass is 16.5. The summed E-state index contributed by atoms with van der Waals surface area (Å²) in [6, 6.07) is 10.0. The van der Waals surface area contributed by atoms with Crippen molar-refractivity contribution in [1.29, 1.82) is 0 Å². The van der Waals surface area contributed by atoms with Gasteiger partial charge in [0.15, 0.2) is 5.96 Å². The van der Waals surface area contributed by atoms with Crippen molar-refractivity contribution in [2.45, 2.75) is 40.0 Å². The fourth-order valence-corrected chi connectivity index (χ4v) is 2.59. The fourth-order valence-electron chi connectivity index (χ4n) is 2.59. The first-order chi connectivity index (χ1) is 14.0. The van der Waals surface area contributed by atoms with Crippen LogP contribution < -0.4 is 20.1 Å². The van der Waals surface area contributed by atoms with Gasteiger partial charge in [-0.3, -0.25) is 4.99 Å². The van der Waals surface area contributed by atoms with Crippen molar-refractivity contribution in [3.8, 4) is 11.6 Å². The van der Waals surface area contributed by atoms with Gasteiger partial charge in [-0.05, 0) is 38.0 Å². The molecule has 0 amide bonds. The van der Waals surface area contributed by atoms with E-state index in [9.17, 15) is 0 Å². The second kappa shape index (κ2) is 11.9. The maximum atomic E-state index is 5.85. The molecule has 7 heteroatoms. The summed E-state index contributed by atoms with van der Waals surface area (Å²) in [6.45, 7) is 8.29. The summed E-state index contributed by atoms with van der Waals surface area (Å²) in [5.41, 5.74) is 3.26. The van der Waals surface area contributed by atoms with Crippen molar-refractivity contribution in [1.82, 2.24) is 15.6 Å². The lowest BCUT2D eigenvalue weighted by atomic mass is 10.1. The van der Waals surface area contributed by atoms with Crippen LogP contribution in [-0.2, 0) is 17.8 Å². The second-order valence-electron chi connectivity index (χ2n) is 6.90. The van der Waals surface area contributed by atoms with Gasteiger partial charge in [-0.15, -0.1) is 0 Å². The maximum absolute atomic E-state index is 5.85. The van der Waals surface area contributed by atoms with Crippen LogP contribution in [0, 0.1) is 6.92 Å². The third-order valence-electron chi connectivity index (χ3n) is 4.05. The molecule has 0 fully saturated rings. The Morgan fingerprint density at radius 1 is 1.10 bits per heavy atom. The summed E-state index contributed by atoms with van der Waals surface area (Å²) in [5.74, 6) is 2.19. The Kier molecular flexibility index (Phi) is 9.24. The molecule has 29 heavy (non-hydrogen) atoms. The number of ether oxygens (including phenoxy) is 3. The molecule has 2 aromatic rings. The van der Waals surface area contributed by atoms with Gasteiger partial charge in [0.2, 0.25) is 5.88 Å². The molecule has 0 bridgehead atoms. The molecule has 0 radical (unpaired) electrons. The Hall–Kier alpha value is -2.80. The third-order valence-corrected chi connectivity index (χ3v) is 4.05. The number of pyridine rings is 1. The summed E-state index contributed by atoms with van der Waals surface area (Å²) >= 11 is 0. The minimum absolute atomic E-state index is 0.111. The quantitative estimate of drug-likeness (QED) is 0.363. The summed E-state index contributed by atoms with van der Waals surface area (Å²) in [4.78, 5) is 8.61.